The van der Waals surface area contributed by atoms with E-state index >= 15 is 0 Å². The quantitative estimate of drug-likeness (QED) is 0.546. The molecular formula is C22H18F2N4O. The van der Waals surface area contributed by atoms with E-state index in [0.29, 0.717) is 0 Å². The van der Waals surface area contributed by atoms with Gasteiger partial charge in [-0.25, -0.2) is 18.7 Å². The molecule has 2 heterocycles. The van der Waals surface area contributed by atoms with Gasteiger partial charge >= 0.3 is 0 Å². The minimum atomic E-state index is -0.679. The van der Waals surface area contributed by atoms with Crippen molar-refractivity contribution in [2.75, 3.05) is 5.32 Å². The molecule has 0 bridgehead atoms. The normalized spacial score (nSPS) is 11.0. The number of benzene rings is 2. The first-order valence-corrected chi connectivity index (χ1v) is 9.21. The van der Waals surface area contributed by atoms with Crippen LogP contribution in [0.3, 0.4) is 0 Å². The van der Waals surface area contributed by atoms with E-state index in [0.717, 1.165) is 52.9 Å². The molecule has 4 rings (SSSR count). The fourth-order valence-corrected chi connectivity index (χ4v) is 3.20. The standard InChI is InChI=1S/C22H18F2N4O/c1-2-20-26-18-4-3-11-25-22(18)28(20)16-8-5-14(6-9-16)12-21(29)27-19-13-15(23)7-10-17(19)24/h3-11,13H,2,12H2,1H3,(H,27,29). The molecule has 0 spiro atoms. The Morgan fingerprint density at radius 3 is 2.66 bits per heavy atom. The third-order valence-corrected chi connectivity index (χ3v) is 4.56. The molecular weight excluding hydrogens is 374 g/mol. The summed E-state index contributed by atoms with van der Waals surface area (Å²) in [5.41, 5.74) is 3.07. The Bertz CT molecular complexity index is 1190. The highest BCUT2D eigenvalue weighted by Crippen LogP contribution is 2.21. The van der Waals surface area contributed by atoms with E-state index in [-0.39, 0.29) is 12.1 Å². The van der Waals surface area contributed by atoms with Gasteiger partial charge in [0, 0.05) is 24.4 Å². The number of fused-ring (bicyclic) bond motifs is 1. The predicted octanol–water partition coefficient (Wildman–Crippen LogP) is 4.44. The number of pyridine rings is 1. The molecule has 0 aliphatic carbocycles. The van der Waals surface area contributed by atoms with Gasteiger partial charge in [0.05, 0.1) is 12.1 Å². The summed E-state index contributed by atoms with van der Waals surface area (Å²) in [4.78, 5) is 21.2. The maximum atomic E-state index is 13.7. The van der Waals surface area contributed by atoms with E-state index in [1.807, 2.05) is 47.9 Å². The van der Waals surface area contributed by atoms with Crippen molar-refractivity contribution in [3.05, 3.63) is 83.8 Å². The zero-order valence-electron chi connectivity index (χ0n) is 15.7. The average molecular weight is 392 g/mol. The third kappa shape index (κ3) is 3.85. The molecule has 0 fully saturated rings. The number of hydrogen-bond donors (Lipinski definition) is 1. The van der Waals surface area contributed by atoms with Crippen LogP contribution < -0.4 is 5.32 Å². The molecule has 2 aromatic carbocycles. The summed E-state index contributed by atoms with van der Waals surface area (Å²) in [5.74, 6) is -0.822. The van der Waals surface area contributed by atoms with Crippen molar-refractivity contribution >= 4 is 22.8 Å². The van der Waals surface area contributed by atoms with Crippen LogP contribution in [0.5, 0.6) is 0 Å². The van der Waals surface area contributed by atoms with Crippen LogP contribution in [0.1, 0.15) is 18.3 Å². The average Bonchev–Trinajstić information content (AvgIpc) is 3.10. The number of anilines is 1. The second-order valence-corrected chi connectivity index (χ2v) is 6.58. The zero-order chi connectivity index (χ0) is 20.4. The van der Waals surface area contributed by atoms with Crippen LogP contribution in [0, 0.1) is 11.6 Å². The lowest BCUT2D eigenvalue weighted by atomic mass is 10.1. The molecule has 0 saturated heterocycles. The van der Waals surface area contributed by atoms with Gasteiger partial charge in [-0.3, -0.25) is 9.36 Å². The molecule has 1 N–H and O–H groups in total. The van der Waals surface area contributed by atoms with E-state index in [9.17, 15) is 13.6 Å². The number of nitrogens with zero attached hydrogens (tertiary/aromatic N) is 3. The van der Waals surface area contributed by atoms with Gasteiger partial charge < -0.3 is 5.32 Å². The van der Waals surface area contributed by atoms with E-state index in [1.165, 1.54) is 0 Å². The van der Waals surface area contributed by atoms with E-state index < -0.39 is 17.5 Å². The van der Waals surface area contributed by atoms with Gasteiger partial charge in [0.25, 0.3) is 0 Å². The van der Waals surface area contributed by atoms with E-state index in [4.69, 9.17) is 0 Å². The van der Waals surface area contributed by atoms with Crippen LogP contribution in [0.25, 0.3) is 16.9 Å². The van der Waals surface area contributed by atoms with Gasteiger partial charge in [0.2, 0.25) is 5.91 Å². The third-order valence-electron chi connectivity index (χ3n) is 4.56. The van der Waals surface area contributed by atoms with Gasteiger partial charge in [0.15, 0.2) is 5.65 Å². The number of nitrogens with one attached hydrogen (secondary N) is 1. The molecule has 5 nitrogen and oxygen atoms in total. The second kappa shape index (κ2) is 7.79. The largest absolute Gasteiger partial charge is 0.323 e. The minimum absolute atomic E-state index is 0.0415. The Labute approximate surface area is 166 Å². The Balaban J connectivity index is 1.54. The molecule has 0 aliphatic heterocycles. The van der Waals surface area contributed by atoms with E-state index in [1.54, 1.807) is 6.20 Å². The summed E-state index contributed by atoms with van der Waals surface area (Å²) >= 11 is 0. The molecule has 7 heteroatoms. The zero-order valence-corrected chi connectivity index (χ0v) is 15.7. The maximum absolute atomic E-state index is 13.7. The highest BCUT2D eigenvalue weighted by atomic mass is 19.1. The van der Waals surface area contributed by atoms with Gasteiger partial charge in [-0.05, 0) is 42.0 Å². The fraction of sp³-hybridized carbons (Fsp3) is 0.136. The van der Waals surface area contributed by atoms with Crippen molar-refractivity contribution in [3.8, 4) is 5.69 Å². The van der Waals surface area contributed by atoms with Crippen molar-refractivity contribution < 1.29 is 13.6 Å². The molecule has 0 radical (unpaired) electrons. The van der Waals surface area contributed by atoms with Crippen molar-refractivity contribution in [1.82, 2.24) is 14.5 Å². The Morgan fingerprint density at radius 1 is 1.10 bits per heavy atom. The molecule has 0 aliphatic rings. The highest BCUT2D eigenvalue weighted by Gasteiger charge is 2.13. The number of halogens is 2. The van der Waals surface area contributed by atoms with E-state index in [2.05, 4.69) is 15.3 Å². The summed E-state index contributed by atoms with van der Waals surface area (Å²) in [6.45, 7) is 2.03. The van der Waals surface area contributed by atoms with Gasteiger partial charge in [-0.1, -0.05) is 19.1 Å². The summed E-state index contributed by atoms with van der Waals surface area (Å²) in [6.07, 6.45) is 2.52. The van der Waals surface area contributed by atoms with Crippen molar-refractivity contribution in [1.29, 1.82) is 0 Å². The highest BCUT2D eigenvalue weighted by molar-refractivity contribution is 5.92. The van der Waals surface area contributed by atoms with Crippen LogP contribution in [-0.2, 0) is 17.6 Å². The Morgan fingerprint density at radius 2 is 1.90 bits per heavy atom. The summed E-state index contributed by atoms with van der Waals surface area (Å²) in [6, 6.07) is 14.1. The number of rotatable bonds is 5. The van der Waals surface area contributed by atoms with Crippen molar-refractivity contribution in [2.45, 2.75) is 19.8 Å². The van der Waals surface area contributed by atoms with Crippen molar-refractivity contribution in [3.63, 3.8) is 0 Å². The van der Waals surface area contributed by atoms with Gasteiger partial charge in [0.1, 0.15) is 23.0 Å². The maximum Gasteiger partial charge on any atom is 0.228 e. The monoisotopic (exact) mass is 392 g/mol. The molecule has 29 heavy (non-hydrogen) atoms. The fourth-order valence-electron chi connectivity index (χ4n) is 3.20. The molecule has 0 atom stereocenters. The number of carbonyl (C=O) groups excluding carboxylic acids is 1. The van der Waals surface area contributed by atoms with Crippen LogP contribution in [-0.4, -0.2) is 20.4 Å². The van der Waals surface area contributed by atoms with Crippen LogP contribution in [0.4, 0.5) is 14.5 Å². The number of amides is 1. The topological polar surface area (TPSA) is 59.8 Å². The first-order chi connectivity index (χ1) is 14.0. The predicted molar refractivity (Wildman–Crippen MR) is 107 cm³/mol. The second-order valence-electron chi connectivity index (χ2n) is 6.58. The van der Waals surface area contributed by atoms with Crippen LogP contribution in [0.15, 0.2) is 60.8 Å². The van der Waals surface area contributed by atoms with Gasteiger partial charge in [-0.2, -0.15) is 0 Å². The molecule has 2 aromatic heterocycles. The smallest absolute Gasteiger partial charge is 0.228 e. The van der Waals surface area contributed by atoms with Crippen LogP contribution >= 0.6 is 0 Å². The minimum Gasteiger partial charge on any atom is -0.323 e. The number of imidazole rings is 1. The van der Waals surface area contributed by atoms with Crippen LogP contribution in [0.2, 0.25) is 0 Å². The molecule has 1 amide bonds. The lowest BCUT2D eigenvalue weighted by Crippen LogP contribution is -2.15. The number of carbonyl (C=O) groups is 1. The number of aromatic nitrogens is 3. The molecule has 0 saturated carbocycles. The molecule has 0 unspecified atom stereocenters. The first kappa shape index (κ1) is 18.7. The number of aryl methyl sites for hydroxylation is 1. The molecule has 4 aromatic rings. The number of hydrogen-bond acceptors (Lipinski definition) is 3. The van der Waals surface area contributed by atoms with Gasteiger partial charge in [-0.15, -0.1) is 0 Å². The lowest BCUT2D eigenvalue weighted by Gasteiger charge is -2.10. The lowest BCUT2D eigenvalue weighted by molar-refractivity contribution is -0.115. The summed E-state index contributed by atoms with van der Waals surface area (Å²) in [5, 5.41) is 2.40. The summed E-state index contributed by atoms with van der Waals surface area (Å²) in [7, 11) is 0. The molecule has 146 valence electrons. The van der Waals surface area contributed by atoms with Crippen molar-refractivity contribution in [2.24, 2.45) is 0 Å². The Hall–Kier alpha value is -3.61. The Kier molecular flexibility index (Phi) is 5.03. The first-order valence-electron chi connectivity index (χ1n) is 9.21. The SMILES string of the molecule is CCc1nc2cccnc2n1-c1ccc(CC(=O)Nc2cc(F)ccc2F)cc1. The summed E-state index contributed by atoms with van der Waals surface area (Å²) < 4.78 is 28.9.